The molecule has 0 bridgehead atoms. The van der Waals surface area contributed by atoms with Gasteiger partial charge in [-0.25, -0.2) is 14.8 Å². The number of nitrogens with zero attached hydrogens (tertiary/aromatic N) is 2. The maximum atomic E-state index is 12.2. The van der Waals surface area contributed by atoms with Crippen LogP contribution in [0.25, 0.3) is 10.2 Å². The molecule has 2 aromatic heterocycles. The highest BCUT2D eigenvalue weighted by molar-refractivity contribution is 7.20. The zero-order valence-electron chi connectivity index (χ0n) is 17.2. The minimum absolute atomic E-state index is 0.320. The Morgan fingerprint density at radius 1 is 1.10 bits per heavy atom. The third-order valence-corrected chi connectivity index (χ3v) is 5.75. The van der Waals surface area contributed by atoms with Gasteiger partial charge in [0.05, 0.1) is 18.6 Å². The van der Waals surface area contributed by atoms with Crippen LogP contribution in [0, 0.1) is 6.92 Å². The van der Waals surface area contributed by atoms with Crippen molar-refractivity contribution in [3.05, 3.63) is 41.0 Å². The summed E-state index contributed by atoms with van der Waals surface area (Å²) in [7, 11) is 0. The smallest absolute Gasteiger partial charge is 0.348 e. The van der Waals surface area contributed by atoms with E-state index in [1.165, 1.54) is 36.9 Å². The molecule has 1 aromatic carbocycles. The van der Waals surface area contributed by atoms with Crippen LogP contribution in [-0.4, -0.2) is 29.2 Å². The van der Waals surface area contributed by atoms with E-state index in [0.717, 1.165) is 40.2 Å². The molecule has 0 unspecified atom stereocenters. The highest BCUT2D eigenvalue weighted by Crippen LogP contribution is 2.35. The average Bonchev–Trinajstić information content (AvgIpc) is 3.07. The number of aryl methyl sites for hydroxylation is 1. The molecule has 7 heteroatoms. The molecule has 3 rings (SSSR count). The summed E-state index contributed by atoms with van der Waals surface area (Å²) in [5.74, 6) is 1.21. The van der Waals surface area contributed by atoms with Gasteiger partial charge >= 0.3 is 5.97 Å². The van der Waals surface area contributed by atoms with Gasteiger partial charge < -0.3 is 14.8 Å². The minimum Gasteiger partial charge on any atom is -0.494 e. The molecule has 3 aromatic rings. The molecule has 0 aliphatic rings. The molecule has 6 nitrogen and oxygen atoms in total. The van der Waals surface area contributed by atoms with Gasteiger partial charge in [-0.05, 0) is 50.1 Å². The fourth-order valence-electron chi connectivity index (χ4n) is 3.05. The number of hydrogen-bond donors (Lipinski definition) is 1. The van der Waals surface area contributed by atoms with Gasteiger partial charge in [0.15, 0.2) is 0 Å². The largest absolute Gasteiger partial charge is 0.494 e. The second-order valence-corrected chi connectivity index (χ2v) is 7.74. The number of benzene rings is 1. The van der Waals surface area contributed by atoms with E-state index in [0.29, 0.717) is 17.3 Å². The van der Waals surface area contributed by atoms with Crippen LogP contribution >= 0.6 is 11.3 Å². The van der Waals surface area contributed by atoms with Crippen LogP contribution in [0.4, 0.5) is 11.5 Å². The highest BCUT2D eigenvalue weighted by Gasteiger charge is 2.20. The maximum Gasteiger partial charge on any atom is 0.348 e. The summed E-state index contributed by atoms with van der Waals surface area (Å²) < 4.78 is 10.9. The number of esters is 1. The molecule has 2 heterocycles. The van der Waals surface area contributed by atoms with Gasteiger partial charge in [0.2, 0.25) is 0 Å². The Kier molecular flexibility index (Phi) is 7.41. The summed E-state index contributed by atoms with van der Waals surface area (Å²) in [6, 6.07) is 7.82. The zero-order valence-corrected chi connectivity index (χ0v) is 18.0. The van der Waals surface area contributed by atoms with Crippen molar-refractivity contribution in [1.29, 1.82) is 0 Å². The Morgan fingerprint density at radius 2 is 1.90 bits per heavy atom. The molecule has 29 heavy (non-hydrogen) atoms. The van der Waals surface area contributed by atoms with Crippen molar-refractivity contribution in [3.8, 4) is 5.75 Å². The van der Waals surface area contributed by atoms with Gasteiger partial charge in [0, 0.05) is 5.69 Å². The fraction of sp³-hybridized carbons (Fsp3) is 0.409. The van der Waals surface area contributed by atoms with Crippen LogP contribution in [-0.2, 0) is 4.74 Å². The number of thiophene rings is 1. The molecule has 0 saturated carbocycles. The van der Waals surface area contributed by atoms with Crippen LogP contribution < -0.4 is 10.1 Å². The third-order valence-electron chi connectivity index (χ3n) is 4.57. The summed E-state index contributed by atoms with van der Waals surface area (Å²) in [4.78, 5) is 22.2. The van der Waals surface area contributed by atoms with Gasteiger partial charge in [0.1, 0.15) is 27.6 Å². The van der Waals surface area contributed by atoms with Crippen LogP contribution in [0.15, 0.2) is 30.6 Å². The first-order valence-corrected chi connectivity index (χ1v) is 10.9. The number of hydrogen-bond acceptors (Lipinski definition) is 7. The molecule has 0 radical (unpaired) electrons. The molecule has 0 amide bonds. The first-order chi connectivity index (χ1) is 14.1. The molecule has 1 N–H and O–H groups in total. The van der Waals surface area contributed by atoms with Crippen molar-refractivity contribution in [2.45, 2.75) is 46.5 Å². The van der Waals surface area contributed by atoms with Gasteiger partial charge in [-0.2, -0.15) is 0 Å². The van der Waals surface area contributed by atoms with Gasteiger partial charge in [-0.15, -0.1) is 11.3 Å². The Bertz CT molecular complexity index is 954. The molecule has 154 valence electrons. The Balaban J connectivity index is 1.72. The zero-order chi connectivity index (χ0) is 20.6. The van der Waals surface area contributed by atoms with E-state index in [4.69, 9.17) is 9.47 Å². The van der Waals surface area contributed by atoms with Crippen molar-refractivity contribution in [2.75, 3.05) is 18.5 Å². The summed E-state index contributed by atoms with van der Waals surface area (Å²) in [5.41, 5.74) is 1.73. The molecule has 0 spiro atoms. The molecule has 0 saturated heterocycles. The predicted molar refractivity (Wildman–Crippen MR) is 117 cm³/mol. The standard InChI is InChI=1S/C22H27N3O3S/c1-4-6-7-8-13-28-17-11-9-16(10-12-17)25-20-18-15(3)19(22(26)27-5-2)29-21(18)24-14-23-20/h9-12,14H,4-8,13H2,1-3H3,(H,23,24,25). The first-order valence-electron chi connectivity index (χ1n) is 10.0. The van der Waals surface area contributed by atoms with Crippen LogP contribution in [0.3, 0.4) is 0 Å². The Morgan fingerprint density at radius 3 is 2.62 bits per heavy atom. The summed E-state index contributed by atoms with van der Waals surface area (Å²) in [5, 5.41) is 4.18. The van der Waals surface area contributed by atoms with Crippen molar-refractivity contribution in [3.63, 3.8) is 0 Å². The van der Waals surface area contributed by atoms with E-state index in [1.807, 2.05) is 31.2 Å². The summed E-state index contributed by atoms with van der Waals surface area (Å²) in [6.07, 6.45) is 6.25. The lowest BCUT2D eigenvalue weighted by atomic mass is 10.2. The van der Waals surface area contributed by atoms with E-state index in [1.54, 1.807) is 6.92 Å². The number of carbonyl (C=O) groups is 1. The number of fused-ring (bicyclic) bond motifs is 1. The molecule has 0 aliphatic heterocycles. The van der Waals surface area contributed by atoms with Crippen LogP contribution in [0.1, 0.15) is 54.8 Å². The van der Waals surface area contributed by atoms with Crippen LogP contribution in [0.2, 0.25) is 0 Å². The van der Waals surface area contributed by atoms with Crippen molar-refractivity contribution >= 4 is 39.0 Å². The lowest BCUT2D eigenvalue weighted by Crippen LogP contribution is -2.03. The van der Waals surface area contributed by atoms with E-state index >= 15 is 0 Å². The number of ether oxygens (including phenoxy) is 2. The van der Waals surface area contributed by atoms with Gasteiger partial charge in [0.25, 0.3) is 0 Å². The second-order valence-electron chi connectivity index (χ2n) is 6.74. The van der Waals surface area contributed by atoms with Gasteiger partial charge in [-0.1, -0.05) is 26.2 Å². The quantitative estimate of drug-likeness (QED) is 0.330. The van der Waals surface area contributed by atoms with Crippen LogP contribution in [0.5, 0.6) is 5.75 Å². The Labute approximate surface area is 175 Å². The number of unbranched alkanes of at least 4 members (excludes halogenated alkanes) is 3. The number of carbonyl (C=O) groups excluding carboxylic acids is 1. The normalized spacial score (nSPS) is 10.9. The van der Waals surface area contributed by atoms with E-state index in [9.17, 15) is 4.79 Å². The molecule has 0 fully saturated rings. The van der Waals surface area contributed by atoms with Crippen molar-refractivity contribution in [1.82, 2.24) is 9.97 Å². The summed E-state index contributed by atoms with van der Waals surface area (Å²) in [6.45, 7) is 6.98. The monoisotopic (exact) mass is 413 g/mol. The van der Waals surface area contributed by atoms with E-state index in [2.05, 4.69) is 22.2 Å². The lowest BCUT2D eigenvalue weighted by Gasteiger charge is -2.09. The first kappa shape index (κ1) is 21.0. The predicted octanol–water partition coefficient (Wildman–Crippen LogP) is 5.88. The third kappa shape index (κ3) is 5.23. The topological polar surface area (TPSA) is 73.3 Å². The molecular formula is C22H27N3O3S. The Hall–Kier alpha value is -2.67. The maximum absolute atomic E-state index is 12.2. The molecule has 0 atom stereocenters. The summed E-state index contributed by atoms with van der Waals surface area (Å²) >= 11 is 1.33. The highest BCUT2D eigenvalue weighted by atomic mass is 32.1. The van der Waals surface area contributed by atoms with Gasteiger partial charge in [-0.3, -0.25) is 0 Å². The van der Waals surface area contributed by atoms with E-state index < -0.39 is 0 Å². The SMILES string of the molecule is CCCCCCOc1ccc(Nc2ncnc3sc(C(=O)OCC)c(C)c23)cc1. The number of nitrogens with one attached hydrogen (secondary N) is 1. The van der Waals surface area contributed by atoms with E-state index in [-0.39, 0.29) is 5.97 Å². The second kappa shape index (κ2) is 10.2. The van der Waals surface area contributed by atoms with Crippen molar-refractivity contribution < 1.29 is 14.3 Å². The number of aromatic nitrogens is 2. The number of rotatable bonds is 10. The minimum atomic E-state index is -0.320. The lowest BCUT2D eigenvalue weighted by molar-refractivity contribution is 0.0531. The fourth-order valence-corrected chi connectivity index (χ4v) is 4.09. The molecule has 0 aliphatic carbocycles. The molecular weight excluding hydrogens is 386 g/mol. The van der Waals surface area contributed by atoms with Crippen molar-refractivity contribution in [2.24, 2.45) is 0 Å². The number of anilines is 2. The average molecular weight is 414 g/mol.